The van der Waals surface area contributed by atoms with Gasteiger partial charge in [0.15, 0.2) is 0 Å². The Bertz CT molecular complexity index is 134. The average molecular weight is 155 g/mol. The van der Waals surface area contributed by atoms with E-state index in [1.54, 1.807) is 7.11 Å². The quantitative estimate of drug-likeness (QED) is 0.604. The number of hydrogen-bond acceptors (Lipinski definition) is 2. The summed E-state index contributed by atoms with van der Waals surface area (Å²) in [5.41, 5.74) is 1.24. The molecule has 64 valence electrons. The largest absolute Gasteiger partial charge is 0.364 e. The second-order valence-electron chi connectivity index (χ2n) is 3.06. The molecular formula is C9H17NO. The monoisotopic (exact) mass is 155 g/mol. The molecule has 0 spiro atoms. The van der Waals surface area contributed by atoms with Crippen LogP contribution in [0.15, 0.2) is 12.3 Å². The number of ether oxygens (including phenoxy) is 1. The van der Waals surface area contributed by atoms with E-state index >= 15 is 0 Å². The van der Waals surface area contributed by atoms with Gasteiger partial charge in [0.1, 0.15) is 6.73 Å². The Morgan fingerprint density at radius 3 is 3.00 bits per heavy atom. The molecule has 0 aromatic heterocycles. The van der Waals surface area contributed by atoms with E-state index in [1.807, 2.05) is 0 Å². The van der Waals surface area contributed by atoms with Gasteiger partial charge in [-0.05, 0) is 19.3 Å². The molecule has 0 amide bonds. The molecule has 0 radical (unpaired) electrons. The lowest BCUT2D eigenvalue weighted by atomic mass is 10.2. The number of hydrogen-bond donors (Lipinski definition) is 0. The maximum atomic E-state index is 5.07. The third-order valence-corrected chi connectivity index (χ3v) is 2.13. The Hall–Kier alpha value is -0.500. The van der Waals surface area contributed by atoms with Gasteiger partial charge in [-0.3, -0.25) is 0 Å². The predicted octanol–water partition coefficient (Wildman–Crippen LogP) is 1.98. The zero-order valence-corrected chi connectivity index (χ0v) is 7.31. The highest BCUT2D eigenvalue weighted by Crippen LogP contribution is 2.17. The number of allylic oxidation sites excluding steroid dienone is 1. The van der Waals surface area contributed by atoms with Gasteiger partial charge in [0, 0.05) is 19.4 Å². The first kappa shape index (κ1) is 8.60. The molecule has 2 nitrogen and oxygen atoms in total. The van der Waals surface area contributed by atoms with Crippen LogP contribution in [0.1, 0.15) is 25.7 Å². The number of nitrogens with zero attached hydrogens (tertiary/aromatic N) is 1. The molecule has 0 unspecified atom stereocenters. The third-order valence-electron chi connectivity index (χ3n) is 2.13. The summed E-state index contributed by atoms with van der Waals surface area (Å²) in [5, 5.41) is 0. The molecule has 0 aliphatic carbocycles. The van der Waals surface area contributed by atoms with Crippen LogP contribution < -0.4 is 0 Å². The lowest BCUT2D eigenvalue weighted by Gasteiger charge is -2.22. The van der Waals surface area contributed by atoms with Gasteiger partial charge in [-0.2, -0.15) is 0 Å². The van der Waals surface area contributed by atoms with Crippen molar-refractivity contribution in [2.45, 2.75) is 25.7 Å². The predicted molar refractivity (Wildman–Crippen MR) is 46.2 cm³/mol. The fourth-order valence-corrected chi connectivity index (χ4v) is 1.44. The van der Waals surface area contributed by atoms with Crippen LogP contribution in [0, 0.1) is 0 Å². The van der Waals surface area contributed by atoms with E-state index in [9.17, 15) is 0 Å². The van der Waals surface area contributed by atoms with Gasteiger partial charge in [0.05, 0.1) is 0 Å². The maximum Gasteiger partial charge on any atom is 0.118 e. The van der Waals surface area contributed by atoms with Crippen LogP contribution in [0.25, 0.3) is 0 Å². The highest BCUT2D eigenvalue weighted by atomic mass is 16.5. The van der Waals surface area contributed by atoms with Gasteiger partial charge in [0.2, 0.25) is 0 Å². The van der Waals surface area contributed by atoms with Crippen LogP contribution in [0.3, 0.4) is 0 Å². The Balaban J connectivity index is 2.39. The summed E-state index contributed by atoms with van der Waals surface area (Å²) in [6.07, 6.45) is 5.05. The second kappa shape index (κ2) is 4.39. The molecule has 1 saturated heterocycles. The topological polar surface area (TPSA) is 12.5 Å². The highest BCUT2D eigenvalue weighted by Gasteiger charge is 2.09. The van der Waals surface area contributed by atoms with Gasteiger partial charge in [-0.15, -0.1) is 0 Å². The van der Waals surface area contributed by atoms with Crippen molar-refractivity contribution in [2.75, 3.05) is 20.4 Å². The van der Waals surface area contributed by atoms with E-state index in [4.69, 9.17) is 4.74 Å². The molecule has 0 saturated carbocycles. The van der Waals surface area contributed by atoms with E-state index in [0.29, 0.717) is 6.73 Å². The first-order valence-corrected chi connectivity index (χ1v) is 4.26. The van der Waals surface area contributed by atoms with E-state index in [0.717, 1.165) is 13.0 Å². The van der Waals surface area contributed by atoms with Gasteiger partial charge in [-0.25, -0.2) is 0 Å². The molecule has 1 fully saturated rings. The minimum Gasteiger partial charge on any atom is -0.364 e. The first-order chi connectivity index (χ1) is 5.34. The second-order valence-corrected chi connectivity index (χ2v) is 3.06. The van der Waals surface area contributed by atoms with Crippen LogP contribution in [-0.4, -0.2) is 25.3 Å². The molecule has 1 aliphatic heterocycles. The molecule has 0 bridgehead atoms. The molecule has 0 atom stereocenters. The van der Waals surface area contributed by atoms with Crippen molar-refractivity contribution in [1.82, 2.24) is 4.90 Å². The highest BCUT2D eigenvalue weighted by molar-refractivity contribution is 4.94. The molecule has 0 aromatic rings. The van der Waals surface area contributed by atoms with Crippen LogP contribution in [0.2, 0.25) is 0 Å². The Morgan fingerprint density at radius 1 is 1.45 bits per heavy atom. The number of likely N-dealkylation sites (tertiary alicyclic amines) is 1. The SMILES string of the molecule is C=C1CCCCCN1COC. The molecule has 1 rings (SSSR count). The molecule has 1 aliphatic rings. The smallest absolute Gasteiger partial charge is 0.118 e. The molecule has 0 aromatic carbocycles. The van der Waals surface area contributed by atoms with Crippen molar-refractivity contribution < 1.29 is 4.74 Å². The van der Waals surface area contributed by atoms with Crippen LogP contribution in [0.5, 0.6) is 0 Å². The van der Waals surface area contributed by atoms with Crippen LogP contribution in [0.4, 0.5) is 0 Å². The summed E-state index contributed by atoms with van der Waals surface area (Å²) in [7, 11) is 1.73. The zero-order valence-electron chi connectivity index (χ0n) is 7.31. The minimum atomic E-state index is 0.707. The van der Waals surface area contributed by atoms with Crippen molar-refractivity contribution in [2.24, 2.45) is 0 Å². The van der Waals surface area contributed by atoms with Crippen molar-refractivity contribution >= 4 is 0 Å². The third kappa shape index (κ3) is 2.54. The zero-order chi connectivity index (χ0) is 8.10. The minimum absolute atomic E-state index is 0.707. The Labute approximate surface area is 68.8 Å². The Kier molecular flexibility index (Phi) is 3.43. The summed E-state index contributed by atoms with van der Waals surface area (Å²) in [6.45, 7) is 5.85. The summed E-state index contributed by atoms with van der Waals surface area (Å²) < 4.78 is 5.07. The van der Waals surface area contributed by atoms with E-state index in [-0.39, 0.29) is 0 Å². The first-order valence-electron chi connectivity index (χ1n) is 4.26. The van der Waals surface area contributed by atoms with Crippen LogP contribution in [-0.2, 0) is 4.74 Å². The fourth-order valence-electron chi connectivity index (χ4n) is 1.44. The van der Waals surface area contributed by atoms with E-state index in [2.05, 4.69) is 11.5 Å². The maximum absolute atomic E-state index is 5.07. The average Bonchev–Trinajstić information content (AvgIpc) is 2.18. The van der Waals surface area contributed by atoms with Gasteiger partial charge < -0.3 is 9.64 Å². The summed E-state index contributed by atoms with van der Waals surface area (Å²) >= 11 is 0. The van der Waals surface area contributed by atoms with Gasteiger partial charge >= 0.3 is 0 Å². The van der Waals surface area contributed by atoms with Crippen molar-refractivity contribution in [3.63, 3.8) is 0 Å². The number of methoxy groups -OCH3 is 1. The lowest BCUT2D eigenvalue weighted by molar-refractivity contribution is 0.0872. The van der Waals surface area contributed by atoms with Gasteiger partial charge in [-0.1, -0.05) is 13.0 Å². The van der Waals surface area contributed by atoms with Crippen LogP contribution >= 0.6 is 0 Å². The fraction of sp³-hybridized carbons (Fsp3) is 0.778. The number of rotatable bonds is 2. The Morgan fingerprint density at radius 2 is 2.27 bits per heavy atom. The summed E-state index contributed by atoms with van der Waals surface area (Å²) in [6, 6.07) is 0. The summed E-state index contributed by atoms with van der Waals surface area (Å²) in [4.78, 5) is 2.23. The summed E-state index contributed by atoms with van der Waals surface area (Å²) in [5.74, 6) is 0. The standard InChI is InChI=1S/C9H17NO/c1-9-6-4-3-5-7-10(9)8-11-2/h1,3-8H2,2H3. The van der Waals surface area contributed by atoms with Crippen molar-refractivity contribution in [1.29, 1.82) is 0 Å². The molecule has 1 heterocycles. The molecular weight excluding hydrogens is 138 g/mol. The van der Waals surface area contributed by atoms with Crippen molar-refractivity contribution in [3.8, 4) is 0 Å². The lowest BCUT2D eigenvalue weighted by Crippen LogP contribution is -2.24. The van der Waals surface area contributed by atoms with E-state index < -0.39 is 0 Å². The van der Waals surface area contributed by atoms with Crippen molar-refractivity contribution in [3.05, 3.63) is 12.3 Å². The molecule has 0 N–H and O–H groups in total. The normalized spacial score (nSPS) is 20.1. The van der Waals surface area contributed by atoms with E-state index in [1.165, 1.54) is 25.0 Å². The molecule has 11 heavy (non-hydrogen) atoms. The van der Waals surface area contributed by atoms with Gasteiger partial charge in [0.25, 0.3) is 0 Å². The molecule has 2 heteroatoms.